The van der Waals surface area contributed by atoms with E-state index >= 15 is 0 Å². The SMILES string of the molecule is COc1cnccc1NC(=O)c1ccc(-c2c(-c3ccc(F)cc3)ncn2C2CCOC2)o1. The number of hydrogen-bond donors (Lipinski definition) is 1. The number of anilines is 1. The van der Waals surface area contributed by atoms with E-state index in [4.69, 9.17) is 13.9 Å². The van der Waals surface area contributed by atoms with Crippen LogP contribution in [-0.4, -0.2) is 40.8 Å². The quantitative estimate of drug-likeness (QED) is 0.465. The van der Waals surface area contributed by atoms with Crippen molar-refractivity contribution < 1.29 is 23.1 Å². The first-order valence-electron chi connectivity index (χ1n) is 10.4. The lowest BCUT2D eigenvalue weighted by Crippen LogP contribution is -2.12. The summed E-state index contributed by atoms with van der Waals surface area (Å²) in [4.78, 5) is 21.4. The average molecular weight is 448 g/mol. The second-order valence-corrected chi connectivity index (χ2v) is 7.57. The van der Waals surface area contributed by atoms with E-state index in [9.17, 15) is 9.18 Å². The molecule has 168 valence electrons. The van der Waals surface area contributed by atoms with Crippen molar-refractivity contribution in [2.24, 2.45) is 0 Å². The van der Waals surface area contributed by atoms with Gasteiger partial charge in [0.05, 0.1) is 43.7 Å². The van der Waals surface area contributed by atoms with E-state index in [-0.39, 0.29) is 17.6 Å². The highest BCUT2D eigenvalue weighted by Gasteiger charge is 2.26. The number of nitrogens with one attached hydrogen (secondary N) is 1. The smallest absolute Gasteiger partial charge is 0.291 e. The zero-order valence-electron chi connectivity index (χ0n) is 17.8. The summed E-state index contributed by atoms with van der Waals surface area (Å²) in [5.41, 5.74) is 2.57. The molecule has 5 rings (SSSR count). The van der Waals surface area contributed by atoms with Crippen LogP contribution in [0.25, 0.3) is 22.7 Å². The molecule has 1 unspecified atom stereocenters. The number of carbonyl (C=O) groups excluding carboxylic acids is 1. The number of ether oxygens (including phenoxy) is 2. The van der Waals surface area contributed by atoms with Crippen molar-refractivity contribution in [1.82, 2.24) is 14.5 Å². The molecule has 9 heteroatoms. The Labute approximate surface area is 189 Å². The van der Waals surface area contributed by atoms with Crippen molar-refractivity contribution in [3.8, 4) is 28.5 Å². The van der Waals surface area contributed by atoms with E-state index in [1.165, 1.54) is 25.4 Å². The molecule has 0 bridgehead atoms. The molecule has 0 saturated carbocycles. The van der Waals surface area contributed by atoms with Crippen molar-refractivity contribution in [3.63, 3.8) is 0 Å². The van der Waals surface area contributed by atoms with Gasteiger partial charge in [0.1, 0.15) is 11.5 Å². The van der Waals surface area contributed by atoms with Gasteiger partial charge in [-0.2, -0.15) is 0 Å². The third-order valence-corrected chi connectivity index (χ3v) is 5.53. The van der Waals surface area contributed by atoms with Gasteiger partial charge >= 0.3 is 0 Å². The van der Waals surface area contributed by atoms with Gasteiger partial charge in [-0.1, -0.05) is 0 Å². The van der Waals surface area contributed by atoms with Crippen LogP contribution in [0.5, 0.6) is 5.75 Å². The summed E-state index contributed by atoms with van der Waals surface area (Å²) in [6.45, 7) is 1.22. The van der Waals surface area contributed by atoms with Gasteiger partial charge in [0.25, 0.3) is 5.91 Å². The molecule has 1 aliphatic heterocycles. The number of imidazole rings is 1. The first kappa shape index (κ1) is 20.9. The molecule has 1 saturated heterocycles. The Morgan fingerprint density at radius 1 is 1.21 bits per heavy atom. The Morgan fingerprint density at radius 3 is 2.82 bits per heavy atom. The second-order valence-electron chi connectivity index (χ2n) is 7.57. The Bertz CT molecular complexity index is 1280. The molecule has 0 spiro atoms. The van der Waals surface area contributed by atoms with Crippen molar-refractivity contribution in [1.29, 1.82) is 0 Å². The number of benzene rings is 1. The molecule has 1 amide bonds. The maximum absolute atomic E-state index is 13.5. The molecule has 1 N–H and O–H groups in total. The highest BCUT2D eigenvalue weighted by atomic mass is 19.1. The minimum atomic E-state index is -0.427. The summed E-state index contributed by atoms with van der Waals surface area (Å²) in [5, 5.41) is 2.78. The molecule has 1 atom stereocenters. The van der Waals surface area contributed by atoms with Gasteiger partial charge in [0, 0.05) is 18.4 Å². The van der Waals surface area contributed by atoms with E-state index in [1.807, 2.05) is 4.57 Å². The number of rotatable bonds is 6. The van der Waals surface area contributed by atoms with Crippen LogP contribution in [-0.2, 0) is 4.74 Å². The number of nitrogens with zero attached hydrogens (tertiary/aromatic N) is 3. The van der Waals surface area contributed by atoms with Crippen LogP contribution in [0, 0.1) is 5.82 Å². The Kier molecular flexibility index (Phi) is 5.62. The Hall–Kier alpha value is -3.98. The van der Waals surface area contributed by atoms with Crippen molar-refractivity contribution in [2.45, 2.75) is 12.5 Å². The average Bonchev–Trinajstić information content (AvgIpc) is 3.59. The molecule has 0 radical (unpaired) electrons. The van der Waals surface area contributed by atoms with Crippen molar-refractivity contribution in [2.75, 3.05) is 25.6 Å². The number of aromatic nitrogens is 3. The van der Waals surface area contributed by atoms with Crippen LogP contribution in [0.4, 0.5) is 10.1 Å². The van der Waals surface area contributed by atoms with E-state index in [0.717, 1.165) is 12.0 Å². The molecular weight excluding hydrogens is 427 g/mol. The van der Waals surface area contributed by atoms with Gasteiger partial charge in [-0.15, -0.1) is 0 Å². The van der Waals surface area contributed by atoms with E-state index < -0.39 is 5.91 Å². The summed E-state index contributed by atoms with van der Waals surface area (Å²) in [6.07, 6.45) is 5.64. The third-order valence-electron chi connectivity index (χ3n) is 5.53. The predicted molar refractivity (Wildman–Crippen MR) is 119 cm³/mol. The fraction of sp³-hybridized carbons (Fsp3) is 0.208. The number of pyridine rings is 1. The number of hydrogen-bond acceptors (Lipinski definition) is 6. The van der Waals surface area contributed by atoms with E-state index in [1.54, 1.807) is 42.9 Å². The van der Waals surface area contributed by atoms with Crippen molar-refractivity contribution >= 4 is 11.6 Å². The van der Waals surface area contributed by atoms with Gasteiger partial charge in [0.2, 0.25) is 0 Å². The monoisotopic (exact) mass is 448 g/mol. The van der Waals surface area contributed by atoms with Crippen LogP contribution in [0.15, 0.2) is 65.6 Å². The fourth-order valence-electron chi connectivity index (χ4n) is 3.86. The van der Waals surface area contributed by atoms with Crippen LogP contribution in [0.3, 0.4) is 0 Å². The minimum absolute atomic E-state index is 0.0881. The topological polar surface area (TPSA) is 91.4 Å². The molecule has 4 aromatic rings. The molecule has 33 heavy (non-hydrogen) atoms. The standard InChI is InChI=1S/C24H21FN4O4/c1-31-21-12-26-10-8-18(21)28-24(30)20-7-6-19(33-20)23-22(15-2-4-16(25)5-3-15)27-14-29(23)17-9-11-32-13-17/h2-8,10,12,14,17H,9,11,13H2,1H3,(H,26,28,30). The van der Waals surface area contributed by atoms with Crippen molar-refractivity contribution in [3.05, 3.63) is 72.8 Å². The zero-order valence-corrected chi connectivity index (χ0v) is 17.8. The highest BCUT2D eigenvalue weighted by Crippen LogP contribution is 2.36. The normalized spacial score (nSPS) is 15.5. The minimum Gasteiger partial charge on any atom is -0.493 e. The first-order chi connectivity index (χ1) is 16.1. The molecule has 3 aromatic heterocycles. The molecule has 4 heterocycles. The van der Waals surface area contributed by atoms with Gasteiger partial charge < -0.3 is 23.8 Å². The number of methoxy groups -OCH3 is 1. The lowest BCUT2D eigenvalue weighted by molar-refractivity contribution is 0.0997. The van der Waals surface area contributed by atoms with Crippen LogP contribution in [0.1, 0.15) is 23.0 Å². The fourth-order valence-corrected chi connectivity index (χ4v) is 3.86. The molecule has 1 aromatic carbocycles. The van der Waals surface area contributed by atoms with Gasteiger partial charge in [-0.05, 0) is 48.9 Å². The Morgan fingerprint density at radius 2 is 2.06 bits per heavy atom. The first-order valence-corrected chi connectivity index (χ1v) is 10.4. The Balaban J connectivity index is 1.50. The van der Waals surface area contributed by atoms with Crippen LogP contribution in [0.2, 0.25) is 0 Å². The van der Waals surface area contributed by atoms with E-state index in [2.05, 4.69) is 15.3 Å². The molecule has 1 aliphatic rings. The van der Waals surface area contributed by atoms with Crippen LogP contribution < -0.4 is 10.1 Å². The predicted octanol–water partition coefficient (Wildman–Crippen LogP) is 4.57. The lowest BCUT2D eigenvalue weighted by atomic mass is 10.1. The van der Waals surface area contributed by atoms with Crippen LogP contribution >= 0.6 is 0 Å². The number of halogens is 1. The maximum Gasteiger partial charge on any atom is 0.291 e. The molecule has 1 fully saturated rings. The summed E-state index contributed by atoms with van der Waals surface area (Å²) in [6, 6.07) is 11.2. The number of furan rings is 1. The summed E-state index contributed by atoms with van der Waals surface area (Å²) in [7, 11) is 1.50. The van der Waals surface area contributed by atoms with Gasteiger partial charge in [-0.3, -0.25) is 9.78 Å². The number of amides is 1. The second kappa shape index (κ2) is 8.87. The molecule has 0 aliphatic carbocycles. The lowest BCUT2D eigenvalue weighted by Gasteiger charge is -2.14. The van der Waals surface area contributed by atoms with Gasteiger partial charge in [0.15, 0.2) is 17.3 Å². The zero-order chi connectivity index (χ0) is 22.8. The molecule has 8 nitrogen and oxygen atoms in total. The molecular formula is C24H21FN4O4. The largest absolute Gasteiger partial charge is 0.493 e. The summed E-state index contributed by atoms with van der Waals surface area (Å²) in [5.74, 6) is 0.294. The summed E-state index contributed by atoms with van der Waals surface area (Å²) < 4.78 is 32.2. The highest BCUT2D eigenvalue weighted by molar-refractivity contribution is 6.03. The third kappa shape index (κ3) is 4.10. The summed E-state index contributed by atoms with van der Waals surface area (Å²) >= 11 is 0. The van der Waals surface area contributed by atoms with Gasteiger partial charge in [-0.25, -0.2) is 9.37 Å². The maximum atomic E-state index is 13.5. The number of carbonyl (C=O) groups is 1. The van der Waals surface area contributed by atoms with E-state index in [0.29, 0.717) is 41.8 Å².